The van der Waals surface area contributed by atoms with Gasteiger partial charge in [-0.25, -0.2) is 9.97 Å². The average molecular weight is 370 g/mol. The molecule has 2 aromatic carbocycles. The molecule has 0 atom stereocenters. The fraction of sp³-hybridized carbons (Fsp3) is 0.364. The number of hydrogen-bond donors (Lipinski definition) is 0. The van der Waals surface area contributed by atoms with Gasteiger partial charge in [0.05, 0.1) is 5.52 Å². The van der Waals surface area contributed by atoms with Crippen LogP contribution < -0.4 is 4.90 Å². The van der Waals surface area contributed by atoms with Gasteiger partial charge in [0.25, 0.3) is 0 Å². The van der Waals surface area contributed by atoms with E-state index in [2.05, 4.69) is 55.1 Å². The normalized spacial score (nSPS) is 10.5. The van der Waals surface area contributed by atoms with Crippen molar-refractivity contribution in [1.29, 1.82) is 0 Å². The summed E-state index contributed by atoms with van der Waals surface area (Å²) < 4.78 is 0. The zero-order chi connectivity index (χ0) is 17.5. The minimum Gasteiger partial charge on any atom is -0.356 e. The van der Waals surface area contributed by atoms with Gasteiger partial charge in [-0.15, -0.1) is 12.4 Å². The van der Waals surface area contributed by atoms with Gasteiger partial charge in [0.2, 0.25) is 0 Å². The molecule has 0 N–H and O–H groups in total. The van der Waals surface area contributed by atoms with E-state index in [-0.39, 0.29) is 12.4 Å². The SMILES string of the molecule is CCCCN(CCCC)c1nc(-c2ccccc2)nc2ccccc12.Cl. The Morgan fingerprint density at radius 1 is 0.769 bits per heavy atom. The summed E-state index contributed by atoms with van der Waals surface area (Å²) in [5.41, 5.74) is 2.09. The minimum absolute atomic E-state index is 0. The topological polar surface area (TPSA) is 29.0 Å². The fourth-order valence-electron chi connectivity index (χ4n) is 3.04. The standard InChI is InChI=1S/C22H27N3.ClH/c1-3-5-16-25(17-6-4-2)22-19-14-10-11-15-20(19)23-21(24-22)18-12-8-7-9-13-18;/h7-15H,3-6,16-17H2,1-2H3;1H. The predicted molar refractivity (Wildman–Crippen MR) is 114 cm³/mol. The van der Waals surface area contributed by atoms with Crippen LogP contribution in [0.3, 0.4) is 0 Å². The summed E-state index contributed by atoms with van der Waals surface area (Å²) in [5, 5.41) is 1.15. The van der Waals surface area contributed by atoms with Gasteiger partial charge < -0.3 is 4.90 Å². The highest BCUT2D eigenvalue weighted by atomic mass is 35.5. The summed E-state index contributed by atoms with van der Waals surface area (Å²) in [6.07, 6.45) is 4.75. The number of fused-ring (bicyclic) bond motifs is 1. The maximum Gasteiger partial charge on any atom is 0.162 e. The second-order valence-corrected chi connectivity index (χ2v) is 6.45. The van der Waals surface area contributed by atoms with Crippen LogP contribution in [-0.2, 0) is 0 Å². The van der Waals surface area contributed by atoms with Crippen LogP contribution in [0.1, 0.15) is 39.5 Å². The van der Waals surface area contributed by atoms with Crippen LogP contribution in [0.5, 0.6) is 0 Å². The average Bonchev–Trinajstić information content (AvgIpc) is 2.68. The number of nitrogens with zero attached hydrogens (tertiary/aromatic N) is 3. The molecule has 1 heterocycles. The lowest BCUT2D eigenvalue weighted by Gasteiger charge is -2.25. The zero-order valence-electron chi connectivity index (χ0n) is 15.7. The number of benzene rings is 2. The lowest BCUT2D eigenvalue weighted by Crippen LogP contribution is -2.27. The van der Waals surface area contributed by atoms with E-state index in [0.717, 1.165) is 41.2 Å². The van der Waals surface area contributed by atoms with Crippen molar-refractivity contribution < 1.29 is 0 Å². The molecule has 3 nitrogen and oxygen atoms in total. The molecule has 1 aromatic heterocycles. The van der Waals surface area contributed by atoms with Crippen molar-refractivity contribution in [1.82, 2.24) is 9.97 Å². The van der Waals surface area contributed by atoms with E-state index in [9.17, 15) is 0 Å². The largest absolute Gasteiger partial charge is 0.356 e. The van der Waals surface area contributed by atoms with E-state index in [0.29, 0.717) is 0 Å². The van der Waals surface area contributed by atoms with Crippen LogP contribution in [0.2, 0.25) is 0 Å². The zero-order valence-corrected chi connectivity index (χ0v) is 16.5. The molecule has 4 heteroatoms. The Balaban J connectivity index is 0.00000243. The molecular formula is C22H28ClN3. The molecule has 0 bridgehead atoms. The van der Waals surface area contributed by atoms with E-state index < -0.39 is 0 Å². The molecular weight excluding hydrogens is 342 g/mol. The fourth-order valence-corrected chi connectivity index (χ4v) is 3.04. The highest BCUT2D eigenvalue weighted by Gasteiger charge is 2.14. The second kappa shape index (κ2) is 10.1. The van der Waals surface area contributed by atoms with E-state index >= 15 is 0 Å². The number of anilines is 1. The molecule has 0 radical (unpaired) electrons. The smallest absolute Gasteiger partial charge is 0.162 e. The van der Waals surface area contributed by atoms with Gasteiger partial charge in [0.15, 0.2) is 5.82 Å². The third kappa shape index (κ3) is 4.73. The van der Waals surface area contributed by atoms with E-state index in [1.165, 1.54) is 25.7 Å². The Morgan fingerprint density at radius 2 is 1.38 bits per heavy atom. The number of aromatic nitrogens is 2. The quantitative estimate of drug-likeness (QED) is 0.478. The molecule has 0 saturated carbocycles. The van der Waals surface area contributed by atoms with Crippen LogP contribution in [0.15, 0.2) is 54.6 Å². The van der Waals surface area contributed by atoms with Crippen molar-refractivity contribution in [2.45, 2.75) is 39.5 Å². The molecule has 0 fully saturated rings. The first kappa shape index (κ1) is 20.2. The van der Waals surface area contributed by atoms with Crippen LogP contribution >= 0.6 is 12.4 Å². The van der Waals surface area contributed by atoms with E-state index in [1.807, 2.05) is 18.2 Å². The first-order valence-corrected chi connectivity index (χ1v) is 9.40. The maximum atomic E-state index is 4.99. The van der Waals surface area contributed by atoms with Crippen molar-refractivity contribution in [3.8, 4) is 11.4 Å². The van der Waals surface area contributed by atoms with Crippen molar-refractivity contribution in [2.24, 2.45) is 0 Å². The number of rotatable bonds is 8. The first-order chi connectivity index (χ1) is 12.3. The predicted octanol–water partition coefficient (Wildman–Crippen LogP) is 6.13. The molecule has 26 heavy (non-hydrogen) atoms. The summed E-state index contributed by atoms with van der Waals surface area (Å²) in [4.78, 5) is 12.3. The molecule has 0 aliphatic carbocycles. The van der Waals surface area contributed by atoms with Gasteiger partial charge in [-0.1, -0.05) is 69.2 Å². The second-order valence-electron chi connectivity index (χ2n) is 6.45. The molecule has 0 aliphatic heterocycles. The number of unbranched alkanes of at least 4 members (excludes halogenated alkanes) is 2. The maximum absolute atomic E-state index is 4.99. The molecule has 3 aromatic rings. The molecule has 0 unspecified atom stereocenters. The highest BCUT2D eigenvalue weighted by Crippen LogP contribution is 2.28. The van der Waals surface area contributed by atoms with Gasteiger partial charge in [-0.2, -0.15) is 0 Å². The molecule has 3 rings (SSSR count). The Hall–Kier alpha value is -2.13. The van der Waals surface area contributed by atoms with Crippen molar-refractivity contribution in [2.75, 3.05) is 18.0 Å². The minimum atomic E-state index is 0. The third-order valence-corrected chi connectivity index (χ3v) is 4.48. The van der Waals surface area contributed by atoms with Crippen molar-refractivity contribution in [3.63, 3.8) is 0 Å². The van der Waals surface area contributed by atoms with Crippen molar-refractivity contribution in [3.05, 3.63) is 54.6 Å². The summed E-state index contributed by atoms with van der Waals surface area (Å²) in [6.45, 7) is 6.58. The van der Waals surface area contributed by atoms with E-state index in [4.69, 9.17) is 9.97 Å². The van der Waals surface area contributed by atoms with Gasteiger partial charge in [-0.05, 0) is 25.0 Å². The Morgan fingerprint density at radius 3 is 2.04 bits per heavy atom. The molecule has 0 amide bonds. The molecule has 0 saturated heterocycles. The highest BCUT2D eigenvalue weighted by molar-refractivity contribution is 5.91. The Labute approximate surface area is 162 Å². The van der Waals surface area contributed by atoms with Gasteiger partial charge >= 0.3 is 0 Å². The first-order valence-electron chi connectivity index (χ1n) is 9.40. The number of para-hydroxylation sites is 1. The van der Waals surface area contributed by atoms with Crippen LogP contribution in [0, 0.1) is 0 Å². The number of halogens is 1. The van der Waals surface area contributed by atoms with Gasteiger partial charge in [0.1, 0.15) is 5.82 Å². The molecule has 138 valence electrons. The Kier molecular flexibility index (Phi) is 7.86. The lowest BCUT2D eigenvalue weighted by molar-refractivity contribution is 0.673. The van der Waals surface area contributed by atoms with Crippen molar-refractivity contribution >= 4 is 29.1 Å². The molecule has 0 aliphatic rings. The van der Waals surface area contributed by atoms with Gasteiger partial charge in [-0.3, -0.25) is 0 Å². The third-order valence-electron chi connectivity index (χ3n) is 4.48. The molecule has 0 spiro atoms. The van der Waals surface area contributed by atoms with Crippen LogP contribution in [-0.4, -0.2) is 23.1 Å². The Bertz CT molecular complexity index is 797. The monoisotopic (exact) mass is 369 g/mol. The summed E-state index contributed by atoms with van der Waals surface area (Å²) in [7, 11) is 0. The summed E-state index contributed by atoms with van der Waals surface area (Å²) in [5.74, 6) is 1.89. The van der Waals surface area contributed by atoms with E-state index in [1.54, 1.807) is 0 Å². The van der Waals surface area contributed by atoms with Crippen LogP contribution in [0.25, 0.3) is 22.3 Å². The summed E-state index contributed by atoms with van der Waals surface area (Å²) in [6, 6.07) is 18.6. The number of hydrogen-bond acceptors (Lipinski definition) is 3. The summed E-state index contributed by atoms with van der Waals surface area (Å²) >= 11 is 0. The van der Waals surface area contributed by atoms with Crippen LogP contribution in [0.4, 0.5) is 5.82 Å². The lowest BCUT2D eigenvalue weighted by atomic mass is 10.1. The van der Waals surface area contributed by atoms with Gasteiger partial charge in [0, 0.05) is 24.0 Å².